The molecule has 4 aromatic carbocycles. The number of hydrogen-bond donors (Lipinski definition) is 0. The number of ketones is 1. The van der Waals surface area contributed by atoms with Crippen LogP contribution in [0.3, 0.4) is 0 Å². The van der Waals surface area contributed by atoms with Gasteiger partial charge in [0.05, 0.1) is 22.3 Å². The van der Waals surface area contributed by atoms with E-state index in [9.17, 15) is 14.4 Å². The summed E-state index contributed by atoms with van der Waals surface area (Å²) in [5.41, 5.74) is 4.16. The standard InChI is InChI=1S/C31H26O5/c1-19-15-21(3)28(35-30(33)23-11-7-5-8-12-23)25(17-19)27(32)26-18-20(2)16-22(4)29(26)36-31(34)24-13-9-6-10-14-24/h5-18H,1-4H3. The minimum atomic E-state index is -0.562. The topological polar surface area (TPSA) is 69.7 Å². The maximum absolute atomic E-state index is 14.0. The molecule has 0 fully saturated rings. The first kappa shape index (κ1) is 24.6. The lowest BCUT2D eigenvalue weighted by molar-refractivity contribution is 0.0724. The molecule has 0 saturated carbocycles. The van der Waals surface area contributed by atoms with Crippen LogP contribution in [-0.2, 0) is 0 Å². The third kappa shape index (κ3) is 5.26. The highest BCUT2D eigenvalue weighted by molar-refractivity contribution is 6.14. The molecule has 0 saturated heterocycles. The lowest BCUT2D eigenvalue weighted by atomic mass is 9.94. The molecule has 5 nitrogen and oxygen atoms in total. The van der Waals surface area contributed by atoms with Crippen LogP contribution in [0.5, 0.6) is 11.5 Å². The molecule has 0 N–H and O–H groups in total. The number of benzene rings is 4. The van der Waals surface area contributed by atoms with Gasteiger partial charge < -0.3 is 9.47 Å². The van der Waals surface area contributed by atoms with Crippen LogP contribution in [0.2, 0.25) is 0 Å². The fraction of sp³-hybridized carbons (Fsp3) is 0.129. The SMILES string of the molecule is Cc1cc(C)c(OC(=O)c2ccccc2)c(C(=O)c2cc(C)cc(C)c2OC(=O)c2ccccc2)c1. The number of aryl methyl sites for hydroxylation is 4. The Morgan fingerprint density at radius 2 is 0.889 bits per heavy atom. The Morgan fingerprint density at radius 3 is 1.25 bits per heavy atom. The third-order valence-electron chi connectivity index (χ3n) is 5.74. The van der Waals surface area contributed by atoms with E-state index in [1.807, 2.05) is 26.0 Å². The highest BCUT2D eigenvalue weighted by Gasteiger charge is 2.25. The van der Waals surface area contributed by atoms with E-state index in [1.54, 1.807) is 86.6 Å². The van der Waals surface area contributed by atoms with E-state index < -0.39 is 17.7 Å². The van der Waals surface area contributed by atoms with Crippen molar-refractivity contribution in [1.29, 1.82) is 0 Å². The normalized spacial score (nSPS) is 10.6. The van der Waals surface area contributed by atoms with Gasteiger partial charge in [-0.2, -0.15) is 0 Å². The zero-order valence-corrected chi connectivity index (χ0v) is 20.6. The van der Waals surface area contributed by atoms with Crippen LogP contribution >= 0.6 is 0 Å². The molecule has 180 valence electrons. The van der Waals surface area contributed by atoms with Gasteiger partial charge in [0.1, 0.15) is 11.5 Å². The molecule has 4 aromatic rings. The van der Waals surface area contributed by atoms with Crippen LogP contribution < -0.4 is 9.47 Å². The van der Waals surface area contributed by atoms with Crippen LogP contribution in [0.1, 0.15) is 58.9 Å². The quantitative estimate of drug-likeness (QED) is 0.178. The van der Waals surface area contributed by atoms with Crippen LogP contribution in [0.25, 0.3) is 0 Å². The van der Waals surface area contributed by atoms with Gasteiger partial charge in [-0.15, -0.1) is 0 Å². The van der Waals surface area contributed by atoms with Gasteiger partial charge in [0.25, 0.3) is 0 Å². The second-order valence-electron chi connectivity index (χ2n) is 8.76. The Labute approximate surface area is 210 Å². The van der Waals surface area contributed by atoms with Crippen molar-refractivity contribution in [3.8, 4) is 11.5 Å². The molecule has 0 aromatic heterocycles. The number of carbonyl (C=O) groups excluding carboxylic acids is 3. The summed E-state index contributed by atoms with van der Waals surface area (Å²) in [5.74, 6) is -1.17. The van der Waals surface area contributed by atoms with E-state index in [0.29, 0.717) is 22.3 Å². The molecule has 4 rings (SSSR count). The molecule has 0 aliphatic carbocycles. The Kier molecular flexibility index (Phi) is 7.11. The molecule has 0 aliphatic heterocycles. The molecule has 0 aliphatic rings. The van der Waals surface area contributed by atoms with E-state index in [0.717, 1.165) is 11.1 Å². The van der Waals surface area contributed by atoms with Gasteiger partial charge in [-0.1, -0.05) is 48.5 Å². The van der Waals surface area contributed by atoms with Crippen molar-refractivity contribution in [3.05, 3.63) is 129 Å². The van der Waals surface area contributed by atoms with E-state index in [2.05, 4.69) is 0 Å². The summed E-state index contributed by atoms with van der Waals surface area (Å²) < 4.78 is 11.5. The zero-order valence-electron chi connectivity index (χ0n) is 20.6. The average Bonchev–Trinajstić information content (AvgIpc) is 2.87. The van der Waals surface area contributed by atoms with Crippen molar-refractivity contribution in [2.24, 2.45) is 0 Å². The van der Waals surface area contributed by atoms with Gasteiger partial charge in [-0.3, -0.25) is 4.79 Å². The van der Waals surface area contributed by atoms with Crippen LogP contribution in [0.15, 0.2) is 84.9 Å². The summed E-state index contributed by atoms with van der Waals surface area (Å²) in [6.07, 6.45) is 0. The third-order valence-corrected chi connectivity index (χ3v) is 5.74. The molecule has 0 unspecified atom stereocenters. The van der Waals surface area contributed by atoms with E-state index in [-0.39, 0.29) is 22.6 Å². The Morgan fingerprint density at radius 1 is 0.528 bits per heavy atom. The molecule has 0 bridgehead atoms. The Hall–Kier alpha value is -4.51. The van der Waals surface area contributed by atoms with E-state index in [4.69, 9.17) is 9.47 Å². The summed E-state index contributed by atoms with van der Waals surface area (Å²) in [7, 11) is 0. The number of carbonyl (C=O) groups is 3. The summed E-state index contributed by atoms with van der Waals surface area (Å²) in [6.45, 7) is 7.30. The number of esters is 2. The predicted molar refractivity (Wildman–Crippen MR) is 138 cm³/mol. The van der Waals surface area contributed by atoms with Gasteiger partial charge in [-0.25, -0.2) is 9.59 Å². The monoisotopic (exact) mass is 478 g/mol. The summed E-state index contributed by atoms with van der Waals surface area (Å²) in [4.78, 5) is 39.6. The van der Waals surface area contributed by atoms with Gasteiger partial charge in [0.15, 0.2) is 0 Å². The smallest absolute Gasteiger partial charge is 0.343 e. The molecule has 0 spiro atoms. The first-order valence-electron chi connectivity index (χ1n) is 11.6. The van der Waals surface area contributed by atoms with Gasteiger partial charge in [0.2, 0.25) is 5.78 Å². The molecule has 5 heteroatoms. The Balaban J connectivity index is 1.77. The number of rotatable bonds is 6. The maximum atomic E-state index is 14.0. The first-order chi connectivity index (χ1) is 17.2. The minimum Gasteiger partial charge on any atom is -0.422 e. The van der Waals surface area contributed by atoms with Crippen molar-refractivity contribution in [3.63, 3.8) is 0 Å². The summed E-state index contributed by atoms with van der Waals surface area (Å²) in [5, 5.41) is 0. The van der Waals surface area contributed by atoms with Crippen LogP contribution in [0.4, 0.5) is 0 Å². The predicted octanol–water partition coefficient (Wildman–Crippen LogP) is 6.59. The molecule has 0 atom stereocenters. The van der Waals surface area contributed by atoms with Crippen molar-refractivity contribution >= 4 is 17.7 Å². The second-order valence-corrected chi connectivity index (χ2v) is 8.76. The highest BCUT2D eigenvalue weighted by Crippen LogP contribution is 2.34. The lowest BCUT2D eigenvalue weighted by Gasteiger charge is -2.17. The highest BCUT2D eigenvalue weighted by atomic mass is 16.5. The van der Waals surface area contributed by atoms with Crippen molar-refractivity contribution < 1.29 is 23.9 Å². The largest absolute Gasteiger partial charge is 0.422 e. The molecular weight excluding hydrogens is 452 g/mol. The van der Waals surface area contributed by atoms with Gasteiger partial charge >= 0.3 is 11.9 Å². The average molecular weight is 479 g/mol. The summed E-state index contributed by atoms with van der Waals surface area (Å²) >= 11 is 0. The van der Waals surface area contributed by atoms with E-state index in [1.165, 1.54) is 0 Å². The van der Waals surface area contributed by atoms with Gasteiger partial charge in [-0.05, 0) is 86.3 Å². The fourth-order valence-electron chi connectivity index (χ4n) is 4.11. The minimum absolute atomic E-state index is 0.180. The van der Waals surface area contributed by atoms with Crippen molar-refractivity contribution in [2.75, 3.05) is 0 Å². The maximum Gasteiger partial charge on any atom is 0.343 e. The lowest BCUT2D eigenvalue weighted by Crippen LogP contribution is -2.16. The Bertz CT molecular complexity index is 1340. The van der Waals surface area contributed by atoms with Crippen molar-refractivity contribution in [2.45, 2.75) is 27.7 Å². The zero-order chi connectivity index (χ0) is 25.8. The van der Waals surface area contributed by atoms with Crippen molar-refractivity contribution in [1.82, 2.24) is 0 Å². The summed E-state index contributed by atoms with van der Waals surface area (Å²) in [6, 6.07) is 24.3. The van der Waals surface area contributed by atoms with Crippen LogP contribution in [0, 0.1) is 27.7 Å². The number of ether oxygens (including phenoxy) is 2. The number of hydrogen-bond acceptors (Lipinski definition) is 5. The fourth-order valence-corrected chi connectivity index (χ4v) is 4.11. The van der Waals surface area contributed by atoms with Crippen LogP contribution in [-0.4, -0.2) is 17.7 Å². The second kappa shape index (κ2) is 10.4. The van der Waals surface area contributed by atoms with E-state index >= 15 is 0 Å². The molecule has 36 heavy (non-hydrogen) atoms. The van der Waals surface area contributed by atoms with Gasteiger partial charge in [0, 0.05) is 0 Å². The molecule has 0 radical (unpaired) electrons. The molecular formula is C31H26O5. The molecule has 0 amide bonds. The first-order valence-corrected chi connectivity index (χ1v) is 11.6. The molecule has 0 heterocycles.